The number of nitrogens with two attached hydrogens (primary N) is 1. The van der Waals surface area contributed by atoms with Crippen LogP contribution >= 0.6 is 11.6 Å². The van der Waals surface area contributed by atoms with Crippen molar-refractivity contribution in [2.45, 2.75) is 0 Å². The number of nitrogens with zero attached hydrogens (tertiary/aromatic N) is 2. The Bertz CT molecular complexity index is 871. The Morgan fingerprint density at radius 2 is 1.95 bits per heavy atom. The number of pyridine rings is 1. The lowest BCUT2D eigenvalue weighted by Gasteiger charge is -2.11. The fraction of sp³-hybridized carbons (Fsp3) is 0. The molecule has 0 bridgehead atoms. The quantitative estimate of drug-likeness (QED) is 0.721. The summed E-state index contributed by atoms with van der Waals surface area (Å²) in [7, 11) is 0. The molecule has 3 aromatic rings. The fourth-order valence-electron chi connectivity index (χ4n) is 2.02. The predicted octanol–water partition coefficient (Wildman–Crippen LogP) is 4.13. The minimum Gasteiger partial charge on any atom is -0.454 e. The summed E-state index contributed by atoms with van der Waals surface area (Å²) >= 11 is 6.12. The van der Waals surface area contributed by atoms with E-state index < -0.39 is 0 Å². The number of hydrogen-bond donors (Lipinski definition) is 1. The number of ether oxygens (including phenoxy) is 1. The maximum atomic E-state index is 8.84. The minimum absolute atomic E-state index is 0.370. The number of anilines is 1. The number of nitriles is 1. The van der Waals surface area contributed by atoms with E-state index in [0.717, 1.165) is 5.39 Å². The van der Waals surface area contributed by atoms with Crippen molar-refractivity contribution in [1.29, 1.82) is 5.26 Å². The monoisotopic (exact) mass is 295 g/mol. The van der Waals surface area contributed by atoms with Crippen LogP contribution in [0.5, 0.6) is 11.5 Å². The van der Waals surface area contributed by atoms with Gasteiger partial charge in [0.05, 0.1) is 16.7 Å². The Labute approximate surface area is 126 Å². The Hall–Kier alpha value is -2.77. The first-order chi connectivity index (χ1) is 10.2. The number of benzene rings is 2. The molecule has 0 radical (unpaired) electrons. The normalized spacial score (nSPS) is 10.3. The standard InChI is InChI=1S/C16H10ClN3O/c17-12-8-10(9-18)3-5-14(12)21-15-6-4-13(19)11-2-1-7-20-16(11)15/h1-8H,19H2. The predicted molar refractivity (Wildman–Crippen MR) is 82.4 cm³/mol. The molecule has 3 rings (SSSR count). The van der Waals surface area contributed by atoms with Gasteiger partial charge in [0, 0.05) is 17.3 Å². The number of fused-ring (bicyclic) bond motifs is 1. The molecule has 1 heterocycles. The van der Waals surface area contributed by atoms with E-state index in [9.17, 15) is 0 Å². The molecule has 0 spiro atoms. The second-order valence-corrected chi connectivity index (χ2v) is 4.82. The second kappa shape index (κ2) is 5.31. The average Bonchev–Trinajstić information content (AvgIpc) is 2.52. The first kappa shape index (κ1) is 13.2. The zero-order chi connectivity index (χ0) is 14.8. The van der Waals surface area contributed by atoms with Gasteiger partial charge >= 0.3 is 0 Å². The third-order valence-corrected chi connectivity index (χ3v) is 3.34. The highest BCUT2D eigenvalue weighted by Gasteiger charge is 2.10. The highest BCUT2D eigenvalue weighted by atomic mass is 35.5. The molecular weight excluding hydrogens is 286 g/mol. The van der Waals surface area contributed by atoms with E-state index in [-0.39, 0.29) is 0 Å². The van der Waals surface area contributed by atoms with Crippen LogP contribution in [0, 0.1) is 11.3 Å². The Kier molecular flexibility index (Phi) is 3.35. The van der Waals surface area contributed by atoms with Crippen molar-refractivity contribution in [3.05, 3.63) is 59.2 Å². The molecule has 0 atom stereocenters. The summed E-state index contributed by atoms with van der Waals surface area (Å²) in [6, 6.07) is 14.1. The molecule has 0 saturated heterocycles. The summed E-state index contributed by atoms with van der Waals surface area (Å²) in [5.74, 6) is 1.03. The molecule has 4 nitrogen and oxygen atoms in total. The van der Waals surface area contributed by atoms with Crippen LogP contribution in [0.15, 0.2) is 48.7 Å². The molecule has 2 aromatic carbocycles. The molecule has 0 unspecified atom stereocenters. The zero-order valence-electron chi connectivity index (χ0n) is 10.9. The van der Waals surface area contributed by atoms with Crippen molar-refractivity contribution >= 4 is 28.2 Å². The molecule has 2 N–H and O–H groups in total. The Balaban J connectivity index is 2.07. The van der Waals surface area contributed by atoms with Crippen molar-refractivity contribution in [3.8, 4) is 17.6 Å². The van der Waals surface area contributed by atoms with Crippen LogP contribution in [-0.2, 0) is 0 Å². The van der Waals surface area contributed by atoms with Crippen molar-refractivity contribution in [2.75, 3.05) is 5.73 Å². The van der Waals surface area contributed by atoms with E-state index in [1.807, 2.05) is 18.2 Å². The number of nitrogen functional groups attached to an aromatic ring is 1. The van der Waals surface area contributed by atoms with Gasteiger partial charge in [-0.3, -0.25) is 4.98 Å². The summed E-state index contributed by atoms with van der Waals surface area (Å²) in [5, 5.41) is 10.0. The largest absolute Gasteiger partial charge is 0.454 e. The molecule has 0 aliphatic carbocycles. The summed E-state index contributed by atoms with van der Waals surface area (Å²) in [6.07, 6.45) is 1.68. The summed E-state index contributed by atoms with van der Waals surface area (Å²) in [5.41, 5.74) is 7.71. The highest BCUT2D eigenvalue weighted by Crippen LogP contribution is 2.35. The van der Waals surface area contributed by atoms with Crippen molar-refractivity contribution in [3.63, 3.8) is 0 Å². The maximum Gasteiger partial charge on any atom is 0.153 e. The third-order valence-electron chi connectivity index (χ3n) is 3.05. The maximum absolute atomic E-state index is 8.84. The second-order valence-electron chi connectivity index (χ2n) is 4.41. The van der Waals surface area contributed by atoms with Crippen LogP contribution < -0.4 is 10.5 Å². The summed E-state index contributed by atoms with van der Waals surface area (Å²) < 4.78 is 5.82. The first-order valence-corrected chi connectivity index (χ1v) is 6.57. The lowest BCUT2D eigenvalue weighted by Crippen LogP contribution is -1.93. The van der Waals surface area contributed by atoms with E-state index in [1.165, 1.54) is 0 Å². The van der Waals surface area contributed by atoms with E-state index in [2.05, 4.69) is 4.98 Å². The molecule has 0 aliphatic rings. The topological polar surface area (TPSA) is 71.9 Å². The lowest BCUT2D eigenvalue weighted by molar-refractivity contribution is 0.487. The van der Waals surface area contributed by atoms with Crippen LogP contribution in [0.3, 0.4) is 0 Å². The van der Waals surface area contributed by atoms with Crippen molar-refractivity contribution in [2.24, 2.45) is 0 Å². The highest BCUT2D eigenvalue weighted by molar-refractivity contribution is 6.32. The summed E-state index contributed by atoms with van der Waals surface area (Å²) in [6.45, 7) is 0. The Morgan fingerprint density at radius 3 is 2.71 bits per heavy atom. The van der Waals surface area contributed by atoms with Crippen LogP contribution in [0.1, 0.15) is 5.56 Å². The third kappa shape index (κ3) is 2.47. The Morgan fingerprint density at radius 1 is 1.14 bits per heavy atom. The van der Waals surface area contributed by atoms with Crippen molar-refractivity contribution in [1.82, 2.24) is 4.98 Å². The van der Waals surface area contributed by atoms with Gasteiger partial charge in [0.2, 0.25) is 0 Å². The smallest absolute Gasteiger partial charge is 0.153 e. The van der Waals surface area contributed by atoms with Gasteiger partial charge in [-0.15, -0.1) is 0 Å². The average molecular weight is 296 g/mol. The number of aromatic nitrogens is 1. The van der Waals surface area contributed by atoms with Gasteiger partial charge in [-0.25, -0.2) is 0 Å². The van der Waals surface area contributed by atoms with Gasteiger partial charge in [0.1, 0.15) is 11.3 Å². The van der Waals surface area contributed by atoms with Gasteiger partial charge in [0.25, 0.3) is 0 Å². The molecule has 1 aromatic heterocycles. The van der Waals surface area contributed by atoms with Crippen LogP contribution in [0.25, 0.3) is 10.9 Å². The van der Waals surface area contributed by atoms with E-state index in [1.54, 1.807) is 36.5 Å². The SMILES string of the molecule is N#Cc1ccc(Oc2ccc(N)c3cccnc23)c(Cl)c1. The first-order valence-electron chi connectivity index (χ1n) is 6.20. The molecule has 0 aliphatic heterocycles. The van der Waals surface area contributed by atoms with E-state index >= 15 is 0 Å². The summed E-state index contributed by atoms with van der Waals surface area (Å²) in [4.78, 5) is 4.30. The van der Waals surface area contributed by atoms with Gasteiger partial charge in [-0.1, -0.05) is 11.6 Å². The van der Waals surface area contributed by atoms with Gasteiger partial charge < -0.3 is 10.5 Å². The molecule has 5 heteroatoms. The van der Waals surface area contributed by atoms with Gasteiger partial charge in [-0.2, -0.15) is 5.26 Å². The molecular formula is C16H10ClN3O. The van der Waals surface area contributed by atoms with E-state index in [4.69, 9.17) is 27.3 Å². The molecule has 0 fully saturated rings. The van der Waals surface area contributed by atoms with Gasteiger partial charge in [0.15, 0.2) is 5.75 Å². The molecule has 21 heavy (non-hydrogen) atoms. The minimum atomic E-state index is 0.370. The molecule has 0 saturated carbocycles. The molecule has 102 valence electrons. The number of rotatable bonds is 2. The van der Waals surface area contributed by atoms with Crippen LogP contribution in [-0.4, -0.2) is 4.98 Å². The van der Waals surface area contributed by atoms with Gasteiger partial charge in [-0.05, 0) is 42.5 Å². The number of halogens is 1. The number of hydrogen-bond acceptors (Lipinski definition) is 4. The van der Waals surface area contributed by atoms with E-state index in [0.29, 0.717) is 33.3 Å². The van der Waals surface area contributed by atoms with Crippen LogP contribution in [0.2, 0.25) is 5.02 Å². The molecule has 0 amide bonds. The van der Waals surface area contributed by atoms with Crippen molar-refractivity contribution < 1.29 is 4.74 Å². The zero-order valence-corrected chi connectivity index (χ0v) is 11.6. The lowest BCUT2D eigenvalue weighted by atomic mass is 10.1. The fourth-order valence-corrected chi connectivity index (χ4v) is 2.24. The van der Waals surface area contributed by atoms with Crippen LogP contribution in [0.4, 0.5) is 5.69 Å².